The van der Waals surface area contributed by atoms with E-state index in [-0.39, 0.29) is 11.2 Å². The number of carbonyl (C=O) groups is 1. The first kappa shape index (κ1) is 15.8. The molecule has 112 valence electrons. The Hall–Kier alpha value is -1.63. The summed E-state index contributed by atoms with van der Waals surface area (Å²) >= 11 is 0. The molecule has 1 nitrogen and oxygen atoms in total. The van der Waals surface area contributed by atoms with Gasteiger partial charge < -0.3 is 0 Å². The molecule has 0 spiro atoms. The lowest BCUT2D eigenvalue weighted by molar-refractivity contribution is 0.0988. The molecular weight excluding hydrogens is 256 g/mol. The first-order chi connectivity index (χ1) is 9.74. The minimum absolute atomic E-state index is 0.0641. The van der Waals surface area contributed by atoms with E-state index in [9.17, 15) is 4.79 Å². The highest BCUT2D eigenvalue weighted by atomic mass is 16.1. The normalized spacial score (nSPS) is 15.4. The molecule has 0 saturated heterocycles. The van der Waals surface area contributed by atoms with Crippen LogP contribution in [0.1, 0.15) is 75.9 Å². The lowest BCUT2D eigenvalue weighted by Crippen LogP contribution is -2.13. The van der Waals surface area contributed by atoms with Crippen LogP contribution < -0.4 is 0 Å². The smallest absolute Gasteiger partial charge is 0.163 e. The number of hydrogen-bond donors (Lipinski definition) is 0. The van der Waals surface area contributed by atoms with Gasteiger partial charge in [0, 0.05) is 12.0 Å². The topological polar surface area (TPSA) is 17.1 Å². The van der Waals surface area contributed by atoms with Crippen molar-refractivity contribution in [2.24, 2.45) is 0 Å². The monoisotopic (exact) mass is 282 g/mol. The molecule has 1 heteroatoms. The first-order valence-corrected chi connectivity index (χ1v) is 7.79. The van der Waals surface area contributed by atoms with E-state index in [2.05, 4.69) is 58.9 Å². The fourth-order valence-corrected chi connectivity index (χ4v) is 2.93. The molecule has 0 saturated carbocycles. The minimum atomic E-state index is 0.0641. The van der Waals surface area contributed by atoms with Crippen molar-refractivity contribution in [2.75, 3.05) is 0 Å². The Labute approximate surface area is 128 Å². The van der Waals surface area contributed by atoms with E-state index in [1.165, 1.54) is 22.3 Å². The quantitative estimate of drug-likeness (QED) is 0.650. The molecule has 0 radical (unpaired) electrons. The Morgan fingerprint density at radius 1 is 1.19 bits per heavy atom. The van der Waals surface area contributed by atoms with Crippen molar-refractivity contribution in [1.29, 1.82) is 0 Å². The summed E-state index contributed by atoms with van der Waals surface area (Å²) in [6.45, 7) is 12.8. The van der Waals surface area contributed by atoms with E-state index in [1.54, 1.807) is 0 Å². The highest BCUT2D eigenvalue weighted by Crippen LogP contribution is 2.36. The molecule has 0 unspecified atom stereocenters. The van der Waals surface area contributed by atoms with Crippen LogP contribution in [0.4, 0.5) is 0 Å². The number of allylic oxidation sites excluding steroid dienone is 4. The molecular formula is C20H26O. The van der Waals surface area contributed by atoms with Gasteiger partial charge in [-0.15, -0.1) is 0 Å². The van der Waals surface area contributed by atoms with Gasteiger partial charge in [0.05, 0.1) is 0 Å². The number of carbonyl (C=O) groups excluding carboxylic acids is 1. The van der Waals surface area contributed by atoms with Crippen LogP contribution in [0, 0.1) is 0 Å². The van der Waals surface area contributed by atoms with Crippen molar-refractivity contribution < 1.29 is 4.79 Å². The van der Waals surface area contributed by atoms with Crippen molar-refractivity contribution >= 4 is 11.4 Å². The second-order valence-electron chi connectivity index (χ2n) is 7.12. The third kappa shape index (κ3) is 3.18. The molecule has 0 amide bonds. The number of hydrogen-bond acceptors (Lipinski definition) is 1. The van der Waals surface area contributed by atoms with Gasteiger partial charge in [-0.25, -0.2) is 0 Å². The summed E-state index contributed by atoms with van der Waals surface area (Å²) in [6, 6.07) is 6.43. The summed E-state index contributed by atoms with van der Waals surface area (Å²) in [5.41, 5.74) is 7.28. The van der Waals surface area contributed by atoms with Gasteiger partial charge in [0.1, 0.15) is 0 Å². The molecule has 0 N–H and O–H groups in total. The summed E-state index contributed by atoms with van der Waals surface area (Å²) in [6.07, 6.45) is 3.75. The third-order valence-corrected chi connectivity index (χ3v) is 4.23. The minimum Gasteiger partial charge on any atom is -0.294 e. The maximum Gasteiger partial charge on any atom is 0.163 e. The fraction of sp³-hybridized carbons (Fsp3) is 0.450. The van der Waals surface area contributed by atoms with Gasteiger partial charge in [-0.2, -0.15) is 0 Å². The molecule has 0 fully saturated rings. The van der Waals surface area contributed by atoms with E-state index in [4.69, 9.17) is 0 Å². The van der Waals surface area contributed by atoms with Gasteiger partial charge in [0.15, 0.2) is 5.78 Å². The van der Waals surface area contributed by atoms with Crippen molar-refractivity contribution in [2.45, 2.75) is 59.8 Å². The number of ketones is 1. The number of Topliss-reactive ketones (excluding diaryl/α,β-unsaturated/α-hetero) is 1. The van der Waals surface area contributed by atoms with Crippen molar-refractivity contribution in [3.63, 3.8) is 0 Å². The molecule has 21 heavy (non-hydrogen) atoms. The predicted molar refractivity (Wildman–Crippen MR) is 90.7 cm³/mol. The van der Waals surface area contributed by atoms with Crippen LogP contribution in [0.5, 0.6) is 0 Å². The predicted octanol–water partition coefficient (Wildman–Crippen LogP) is 5.70. The average Bonchev–Trinajstić information content (AvgIpc) is 2.75. The van der Waals surface area contributed by atoms with Gasteiger partial charge in [-0.05, 0) is 54.0 Å². The van der Waals surface area contributed by atoms with Crippen LogP contribution in [0.3, 0.4) is 0 Å². The van der Waals surface area contributed by atoms with Crippen molar-refractivity contribution in [1.82, 2.24) is 0 Å². The number of rotatable bonds is 3. The second-order valence-corrected chi connectivity index (χ2v) is 7.12. The Bertz CT molecular complexity index is 636. The highest BCUT2D eigenvalue weighted by molar-refractivity contribution is 6.01. The van der Waals surface area contributed by atoms with Crippen LogP contribution in [-0.4, -0.2) is 5.78 Å². The Balaban J connectivity index is 2.57. The van der Waals surface area contributed by atoms with Gasteiger partial charge in [-0.1, -0.05) is 51.5 Å². The van der Waals surface area contributed by atoms with Crippen LogP contribution in [0.2, 0.25) is 0 Å². The zero-order valence-electron chi connectivity index (χ0n) is 14.1. The van der Waals surface area contributed by atoms with E-state index in [0.29, 0.717) is 6.42 Å². The molecule has 0 aromatic heterocycles. The highest BCUT2D eigenvalue weighted by Gasteiger charge is 2.21. The molecule has 0 atom stereocenters. The average molecular weight is 282 g/mol. The summed E-state index contributed by atoms with van der Waals surface area (Å²) in [4.78, 5) is 12.4. The maximum atomic E-state index is 12.4. The Morgan fingerprint density at radius 3 is 2.33 bits per heavy atom. The molecule has 0 bridgehead atoms. The summed E-state index contributed by atoms with van der Waals surface area (Å²) in [5, 5.41) is 0. The molecule has 0 heterocycles. The molecule has 1 aromatic rings. The van der Waals surface area contributed by atoms with Gasteiger partial charge in [-0.3, -0.25) is 4.79 Å². The second kappa shape index (κ2) is 5.63. The SMILES string of the molecule is CCC(=O)c1cc(C(C)(C)C)ccc1C1=C(C)C=C(C)C1. The van der Waals surface area contributed by atoms with E-state index < -0.39 is 0 Å². The molecule has 2 rings (SSSR count). The fourth-order valence-electron chi connectivity index (χ4n) is 2.93. The largest absolute Gasteiger partial charge is 0.294 e. The summed E-state index contributed by atoms with van der Waals surface area (Å²) < 4.78 is 0. The molecule has 0 aliphatic heterocycles. The third-order valence-electron chi connectivity index (χ3n) is 4.23. The van der Waals surface area contributed by atoms with Crippen LogP contribution in [-0.2, 0) is 5.41 Å². The van der Waals surface area contributed by atoms with Crippen molar-refractivity contribution in [3.05, 3.63) is 52.1 Å². The first-order valence-electron chi connectivity index (χ1n) is 7.79. The van der Waals surface area contributed by atoms with Gasteiger partial charge in [0.25, 0.3) is 0 Å². The van der Waals surface area contributed by atoms with Crippen molar-refractivity contribution in [3.8, 4) is 0 Å². The van der Waals surface area contributed by atoms with Gasteiger partial charge in [0.2, 0.25) is 0 Å². The van der Waals surface area contributed by atoms with E-state index >= 15 is 0 Å². The van der Waals surface area contributed by atoms with Gasteiger partial charge >= 0.3 is 0 Å². The van der Waals surface area contributed by atoms with E-state index in [0.717, 1.165) is 17.5 Å². The Morgan fingerprint density at radius 2 is 1.86 bits per heavy atom. The van der Waals surface area contributed by atoms with Crippen LogP contribution in [0.15, 0.2) is 35.4 Å². The molecule has 1 aromatic carbocycles. The summed E-state index contributed by atoms with van der Waals surface area (Å²) in [5.74, 6) is 0.237. The number of benzene rings is 1. The van der Waals surface area contributed by atoms with E-state index in [1.807, 2.05) is 6.92 Å². The standard InChI is InChI=1S/C20H26O/c1-7-19(21)18-12-15(20(4,5)6)8-9-16(18)17-11-13(2)10-14(17)3/h8-10,12H,7,11H2,1-6H3. The zero-order chi connectivity index (χ0) is 15.8. The lowest BCUT2D eigenvalue weighted by atomic mass is 9.83. The Kier molecular flexibility index (Phi) is 4.22. The van der Waals surface area contributed by atoms with Crippen LogP contribution >= 0.6 is 0 Å². The zero-order valence-corrected chi connectivity index (χ0v) is 14.1. The maximum absolute atomic E-state index is 12.4. The molecule has 1 aliphatic carbocycles. The lowest BCUT2D eigenvalue weighted by Gasteiger charge is -2.21. The molecule has 1 aliphatic rings. The van der Waals surface area contributed by atoms with Crippen LogP contribution in [0.25, 0.3) is 5.57 Å². The summed E-state index contributed by atoms with van der Waals surface area (Å²) in [7, 11) is 0.